The number of carbonyl (C=O) groups excluding carboxylic acids is 1. The molecule has 0 aliphatic heterocycles. The summed E-state index contributed by atoms with van der Waals surface area (Å²) in [7, 11) is 0. The summed E-state index contributed by atoms with van der Waals surface area (Å²) >= 11 is 6.10. The lowest BCUT2D eigenvalue weighted by Crippen LogP contribution is -2.15. The van der Waals surface area contributed by atoms with Crippen molar-refractivity contribution in [3.63, 3.8) is 0 Å². The van der Waals surface area contributed by atoms with Crippen LogP contribution in [0.25, 0.3) is 0 Å². The van der Waals surface area contributed by atoms with Crippen molar-refractivity contribution in [3.8, 4) is 0 Å². The van der Waals surface area contributed by atoms with Crippen molar-refractivity contribution >= 4 is 28.9 Å². The second kappa shape index (κ2) is 8.02. The molecule has 5 heteroatoms. The van der Waals surface area contributed by atoms with Crippen LogP contribution in [-0.4, -0.2) is 10.9 Å². The number of hydrogen-bond acceptors (Lipinski definition) is 3. The van der Waals surface area contributed by atoms with Gasteiger partial charge in [-0.2, -0.15) is 0 Å². The van der Waals surface area contributed by atoms with Crippen LogP contribution in [0.5, 0.6) is 0 Å². The normalized spacial score (nSPS) is 10.4. The Balaban J connectivity index is 1.69. The Hall–Kier alpha value is -2.85. The maximum absolute atomic E-state index is 12.5. The first-order valence-corrected chi connectivity index (χ1v) is 8.72. The molecule has 0 radical (unpaired) electrons. The van der Waals surface area contributed by atoms with Crippen molar-refractivity contribution in [2.75, 3.05) is 10.6 Å². The minimum absolute atomic E-state index is 0.269. The summed E-state index contributed by atoms with van der Waals surface area (Å²) in [5.74, 6) is -0.269. The van der Waals surface area contributed by atoms with E-state index in [1.54, 1.807) is 24.4 Å². The molecule has 1 heterocycles. The van der Waals surface area contributed by atoms with Gasteiger partial charge in [0.05, 0.1) is 0 Å². The summed E-state index contributed by atoms with van der Waals surface area (Å²) in [6.07, 6.45) is 1.62. The molecule has 3 rings (SSSR count). The Morgan fingerprint density at radius 1 is 1.08 bits per heavy atom. The molecule has 0 saturated heterocycles. The van der Waals surface area contributed by atoms with Crippen molar-refractivity contribution in [1.29, 1.82) is 0 Å². The molecular formula is C21H20ClN3O. The summed E-state index contributed by atoms with van der Waals surface area (Å²) in [5.41, 5.74) is 5.10. The molecule has 2 N–H and O–H groups in total. The lowest BCUT2D eigenvalue weighted by Gasteiger charge is -2.11. The second-order valence-corrected chi connectivity index (χ2v) is 6.54. The zero-order valence-corrected chi connectivity index (χ0v) is 15.5. The van der Waals surface area contributed by atoms with Gasteiger partial charge in [0.2, 0.25) is 0 Å². The third kappa shape index (κ3) is 4.41. The highest BCUT2D eigenvalue weighted by atomic mass is 35.5. The van der Waals surface area contributed by atoms with Crippen molar-refractivity contribution in [2.45, 2.75) is 20.4 Å². The summed E-state index contributed by atoms with van der Waals surface area (Å²) in [6, 6.07) is 17.3. The predicted octanol–water partition coefficient (Wildman–Crippen LogP) is 5.22. The highest BCUT2D eigenvalue weighted by Crippen LogP contribution is 2.23. The molecule has 0 unspecified atom stereocenters. The summed E-state index contributed by atoms with van der Waals surface area (Å²) in [6.45, 7) is 4.61. The Morgan fingerprint density at radius 3 is 2.62 bits per heavy atom. The number of aromatic nitrogens is 1. The van der Waals surface area contributed by atoms with E-state index < -0.39 is 0 Å². The van der Waals surface area contributed by atoms with Gasteiger partial charge in [-0.05, 0) is 49.2 Å². The number of anilines is 2. The largest absolute Gasteiger partial charge is 0.381 e. The predicted molar refractivity (Wildman–Crippen MR) is 107 cm³/mol. The van der Waals surface area contributed by atoms with Crippen molar-refractivity contribution < 1.29 is 4.79 Å². The van der Waals surface area contributed by atoms with Crippen LogP contribution < -0.4 is 10.6 Å². The second-order valence-electron chi connectivity index (χ2n) is 6.14. The Bertz CT molecular complexity index is 923. The third-order valence-corrected chi connectivity index (χ3v) is 4.54. The molecule has 4 nitrogen and oxygen atoms in total. The number of halogens is 1. The molecule has 26 heavy (non-hydrogen) atoms. The highest BCUT2D eigenvalue weighted by molar-refractivity contribution is 6.31. The summed E-state index contributed by atoms with van der Waals surface area (Å²) < 4.78 is 0. The van der Waals surface area contributed by atoms with Gasteiger partial charge in [-0.25, -0.2) is 0 Å². The topological polar surface area (TPSA) is 54.0 Å². The van der Waals surface area contributed by atoms with Gasteiger partial charge < -0.3 is 10.6 Å². The van der Waals surface area contributed by atoms with Crippen LogP contribution >= 0.6 is 11.6 Å². The van der Waals surface area contributed by atoms with Gasteiger partial charge in [0.25, 0.3) is 5.91 Å². The first kappa shape index (κ1) is 18.0. The lowest BCUT2D eigenvalue weighted by molar-refractivity contribution is 0.102. The molecule has 0 saturated carbocycles. The average Bonchev–Trinajstić information content (AvgIpc) is 2.65. The van der Waals surface area contributed by atoms with Gasteiger partial charge in [0.1, 0.15) is 5.69 Å². The number of rotatable bonds is 5. The number of amides is 1. The number of benzene rings is 2. The van der Waals surface area contributed by atoms with E-state index in [4.69, 9.17) is 11.6 Å². The fourth-order valence-corrected chi connectivity index (χ4v) is 2.68. The number of carbonyl (C=O) groups is 1. The molecule has 1 amide bonds. The lowest BCUT2D eigenvalue weighted by atomic mass is 10.1. The fourth-order valence-electron chi connectivity index (χ4n) is 2.50. The quantitative estimate of drug-likeness (QED) is 0.652. The third-order valence-electron chi connectivity index (χ3n) is 4.13. The van der Waals surface area contributed by atoms with Crippen LogP contribution in [0.2, 0.25) is 5.02 Å². The molecule has 1 aromatic heterocycles. The van der Waals surface area contributed by atoms with Crippen LogP contribution in [0, 0.1) is 13.8 Å². The molecule has 0 aliphatic rings. The van der Waals surface area contributed by atoms with Crippen LogP contribution in [0.4, 0.5) is 11.4 Å². The standard InChI is InChI=1S/C21H20ClN3O/c1-14-6-8-16(9-7-14)13-24-17-10-11-23-20(12-17)21(26)25-19-5-3-4-18(22)15(19)2/h3-12H,13H2,1-2H3,(H,23,24)(H,25,26). The van der Waals surface area contributed by atoms with Gasteiger partial charge in [-0.1, -0.05) is 47.5 Å². The Labute approximate surface area is 158 Å². The van der Waals surface area contributed by atoms with Gasteiger partial charge in [0.15, 0.2) is 0 Å². The van der Waals surface area contributed by atoms with Crippen LogP contribution in [0.1, 0.15) is 27.2 Å². The molecule has 0 spiro atoms. The fraction of sp³-hybridized carbons (Fsp3) is 0.143. The highest BCUT2D eigenvalue weighted by Gasteiger charge is 2.11. The van der Waals surface area contributed by atoms with Crippen molar-refractivity contribution in [1.82, 2.24) is 4.98 Å². The number of hydrogen-bond donors (Lipinski definition) is 2. The van der Waals surface area contributed by atoms with Crippen molar-refractivity contribution in [3.05, 3.63) is 88.2 Å². The van der Waals surface area contributed by atoms with Crippen LogP contribution in [0.3, 0.4) is 0 Å². The monoisotopic (exact) mass is 365 g/mol. The zero-order valence-electron chi connectivity index (χ0n) is 14.7. The minimum Gasteiger partial charge on any atom is -0.381 e. The van der Waals surface area contributed by atoms with Crippen molar-refractivity contribution in [2.24, 2.45) is 0 Å². The van der Waals surface area contributed by atoms with Gasteiger partial charge in [-0.3, -0.25) is 9.78 Å². The van der Waals surface area contributed by atoms with E-state index in [2.05, 4.69) is 46.8 Å². The molecule has 2 aromatic carbocycles. The van der Waals surface area contributed by atoms with Crippen LogP contribution in [-0.2, 0) is 6.54 Å². The average molecular weight is 366 g/mol. The first-order chi connectivity index (χ1) is 12.5. The van der Waals surface area contributed by atoms with E-state index in [-0.39, 0.29) is 5.91 Å². The molecule has 0 bridgehead atoms. The van der Waals surface area contributed by atoms with E-state index in [9.17, 15) is 4.79 Å². The first-order valence-electron chi connectivity index (χ1n) is 8.35. The van der Waals surface area contributed by atoms with Gasteiger partial charge in [0, 0.05) is 29.1 Å². The van der Waals surface area contributed by atoms with Crippen LogP contribution in [0.15, 0.2) is 60.8 Å². The smallest absolute Gasteiger partial charge is 0.274 e. The van der Waals surface area contributed by atoms with E-state index in [1.807, 2.05) is 19.1 Å². The number of nitrogens with zero attached hydrogens (tertiary/aromatic N) is 1. The van der Waals surface area contributed by atoms with E-state index >= 15 is 0 Å². The maximum Gasteiger partial charge on any atom is 0.274 e. The molecule has 132 valence electrons. The number of pyridine rings is 1. The van der Waals surface area contributed by atoms with E-state index in [0.29, 0.717) is 22.9 Å². The molecule has 0 aliphatic carbocycles. The SMILES string of the molecule is Cc1ccc(CNc2ccnc(C(=O)Nc3cccc(Cl)c3C)c2)cc1. The molecule has 0 atom stereocenters. The molecule has 0 fully saturated rings. The van der Waals surface area contributed by atoms with E-state index in [0.717, 1.165) is 11.3 Å². The number of aryl methyl sites for hydroxylation is 1. The minimum atomic E-state index is -0.269. The maximum atomic E-state index is 12.5. The number of nitrogens with one attached hydrogen (secondary N) is 2. The molecular weight excluding hydrogens is 346 g/mol. The molecule has 3 aromatic rings. The summed E-state index contributed by atoms with van der Waals surface area (Å²) in [5, 5.41) is 6.79. The Morgan fingerprint density at radius 2 is 1.85 bits per heavy atom. The van der Waals surface area contributed by atoms with Gasteiger partial charge in [-0.15, -0.1) is 0 Å². The summed E-state index contributed by atoms with van der Waals surface area (Å²) in [4.78, 5) is 16.7. The zero-order chi connectivity index (χ0) is 18.5. The van der Waals surface area contributed by atoms with E-state index in [1.165, 1.54) is 11.1 Å². The Kier molecular flexibility index (Phi) is 5.54. The van der Waals surface area contributed by atoms with Gasteiger partial charge >= 0.3 is 0 Å².